The number of benzene rings is 1. The van der Waals surface area contributed by atoms with Crippen molar-refractivity contribution in [3.05, 3.63) is 35.6 Å². The molecule has 0 saturated heterocycles. The van der Waals surface area contributed by atoms with Gasteiger partial charge < -0.3 is 5.11 Å². The Hall–Kier alpha value is -0.980. The maximum Gasteiger partial charge on any atom is 0.215 e. The van der Waals surface area contributed by atoms with Crippen molar-refractivity contribution in [3.63, 3.8) is 0 Å². The average molecular weight is 317 g/mol. The molecule has 21 heavy (non-hydrogen) atoms. The van der Waals surface area contributed by atoms with E-state index < -0.39 is 27.4 Å². The molecule has 0 aliphatic heterocycles. The van der Waals surface area contributed by atoms with Gasteiger partial charge in [0, 0.05) is 12.0 Å². The van der Waals surface area contributed by atoms with E-state index in [2.05, 4.69) is 4.72 Å². The van der Waals surface area contributed by atoms with Crippen molar-refractivity contribution in [2.75, 3.05) is 6.54 Å². The Morgan fingerprint density at radius 2 is 1.95 bits per heavy atom. The van der Waals surface area contributed by atoms with E-state index >= 15 is 0 Å². The maximum absolute atomic E-state index is 13.1. The van der Waals surface area contributed by atoms with Crippen LogP contribution < -0.4 is 4.72 Å². The van der Waals surface area contributed by atoms with Crippen molar-refractivity contribution in [2.45, 2.75) is 39.6 Å². The van der Waals surface area contributed by atoms with Gasteiger partial charge in [0.05, 0.1) is 11.9 Å². The quantitative estimate of drug-likeness (QED) is 0.811. The second-order valence-electron chi connectivity index (χ2n) is 6.39. The third-order valence-corrected chi connectivity index (χ3v) is 4.72. The molecule has 1 unspecified atom stereocenters. The third-order valence-electron chi connectivity index (χ3n) is 3.43. The molecular formula is C15H24FNO3S. The highest BCUT2D eigenvalue weighted by molar-refractivity contribution is 7.88. The molecule has 4 nitrogen and oxygen atoms in total. The van der Waals surface area contributed by atoms with Gasteiger partial charge in [-0.05, 0) is 23.6 Å². The number of halogens is 1. The predicted molar refractivity (Wildman–Crippen MR) is 81.7 cm³/mol. The van der Waals surface area contributed by atoms with Gasteiger partial charge in [-0.3, -0.25) is 0 Å². The van der Waals surface area contributed by atoms with Crippen LogP contribution in [-0.2, 0) is 15.8 Å². The summed E-state index contributed by atoms with van der Waals surface area (Å²) in [7, 11) is -3.57. The molecule has 6 heteroatoms. The highest BCUT2D eigenvalue weighted by Gasteiger charge is 2.31. The molecule has 1 atom stereocenters. The lowest BCUT2D eigenvalue weighted by molar-refractivity contribution is 0.0166. The van der Waals surface area contributed by atoms with Crippen molar-refractivity contribution >= 4 is 10.0 Å². The zero-order chi connectivity index (χ0) is 16.3. The van der Waals surface area contributed by atoms with Crippen LogP contribution >= 0.6 is 0 Å². The number of aliphatic hydroxyl groups is 1. The van der Waals surface area contributed by atoms with E-state index in [-0.39, 0.29) is 18.2 Å². The van der Waals surface area contributed by atoms with E-state index in [0.717, 1.165) is 0 Å². The Morgan fingerprint density at radius 3 is 2.48 bits per heavy atom. The van der Waals surface area contributed by atoms with Gasteiger partial charge in [-0.25, -0.2) is 17.5 Å². The van der Waals surface area contributed by atoms with Crippen molar-refractivity contribution in [1.82, 2.24) is 4.72 Å². The molecule has 0 radical (unpaired) electrons. The number of sulfonamides is 1. The molecule has 0 heterocycles. The lowest BCUT2D eigenvalue weighted by Crippen LogP contribution is -2.43. The van der Waals surface area contributed by atoms with Crippen LogP contribution in [0.4, 0.5) is 4.39 Å². The van der Waals surface area contributed by atoms with E-state index in [1.165, 1.54) is 18.2 Å². The number of hydrogen-bond donors (Lipinski definition) is 2. The van der Waals surface area contributed by atoms with Gasteiger partial charge in [0.15, 0.2) is 0 Å². The molecule has 0 saturated carbocycles. The molecular weight excluding hydrogens is 293 g/mol. The van der Waals surface area contributed by atoms with Gasteiger partial charge in [0.25, 0.3) is 0 Å². The average Bonchev–Trinajstić information content (AvgIpc) is 2.35. The van der Waals surface area contributed by atoms with Crippen molar-refractivity contribution in [1.29, 1.82) is 0 Å². The van der Waals surface area contributed by atoms with E-state index in [9.17, 15) is 17.9 Å². The van der Waals surface area contributed by atoms with Crippen molar-refractivity contribution in [2.24, 2.45) is 11.3 Å². The summed E-state index contributed by atoms with van der Waals surface area (Å²) in [5.74, 6) is -0.704. The number of hydrogen-bond acceptors (Lipinski definition) is 3. The first kappa shape index (κ1) is 18.1. The number of aliphatic hydroxyl groups excluding tert-OH is 1. The minimum absolute atomic E-state index is 0.0349. The summed E-state index contributed by atoms with van der Waals surface area (Å²) in [4.78, 5) is 0. The van der Waals surface area contributed by atoms with Crippen LogP contribution in [0.1, 0.15) is 33.3 Å². The number of nitrogens with one attached hydrogen (secondary N) is 1. The van der Waals surface area contributed by atoms with Gasteiger partial charge in [0.1, 0.15) is 5.82 Å². The Kier molecular flexibility index (Phi) is 5.90. The molecule has 0 aromatic heterocycles. The molecule has 0 spiro atoms. The lowest BCUT2D eigenvalue weighted by Gasteiger charge is -2.33. The normalized spacial score (nSPS) is 14.4. The summed E-state index contributed by atoms with van der Waals surface area (Å²) in [6.45, 7) is 7.51. The van der Waals surface area contributed by atoms with Crippen LogP contribution in [0.3, 0.4) is 0 Å². The molecule has 0 bridgehead atoms. The molecule has 1 aromatic carbocycles. The van der Waals surface area contributed by atoms with Gasteiger partial charge in [0.2, 0.25) is 10.0 Å². The molecule has 0 fully saturated rings. The summed E-state index contributed by atoms with van der Waals surface area (Å²) in [5.41, 5.74) is -0.187. The van der Waals surface area contributed by atoms with Crippen LogP contribution in [0.25, 0.3) is 0 Å². The molecule has 0 aliphatic rings. The van der Waals surface area contributed by atoms with Gasteiger partial charge in [-0.15, -0.1) is 0 Å². The summed E-state index contributed by atoms with van der Waals surface area (Å²) in [6, 6.07) is 5.52. The summed E-state index contributed by atoms with van der Waals surface area (Å²) in [5, 5.41) is 10.1. The lowest BCUT2D eigenvalue weighted by atomic mass is 9.81. The third kappa shape index (κ3) is 5.73. The van der Waals surface area contributed by atoms with E-state index in [1.807, 2.05) is 27.7 Å². The first-order valence-corrected chi connectivity index (χ1v) is 8.58. The fourth-order valence-electron chi connectivity index (χ4n) is 2.20. The molecule has 1 rings (SSSR count). The monoisotopic (exact) mass is 317 g/mol. The van der Waals surface area contributed by atoms with Crippen LogP contribution in [0.2, 0.25) is 0 Å². The van der Waals surface area contributed by atoms with Crippen molar-refractivity contribution < 1.29 is 17.9 Å². The first-order chi connectivity index (χ1) is 9.53. The molecule has 0 amide bonds. The Bertz CT molecular complexity index is 570. The van der Waals surface area contributed by atoms with Gasteiger partial charge >= 0.3 is 0 Å². The molecule has 120 valence electrons. The summed E-state index contributed by atoms with van der Waals surface area (Å²) < 4.78 is 39.6. The van der Waals surface area contributed by atoms with Crippen LogP contribution in [0.5, 0.6) is 0 Å². The Labute approximate surface area is 126 Å². The maximum atomic E-state index is 13.1. The van der Waals surface area contributed by atoms with E-state index in [0.29, 0.717) is 5.56 Å². The topological polar surface area (TPSA) is 66.4 Å². The first-order valence-electron chi connectivity index (χ1n) is 6.93. The van der Waals surface area contributed by atoms with Crippen molar-refractivity contribution in [3.8, 4) is 0 Å². The second-order valence-corrected chi connectivity index (χ2v) is 8.19. The fourth-order valence-corrected chi connectivity index (χ4v) is 3.51. The van der Waals surface area contributed by atoms with Crippen LogP contribution in [0.15, 0.2) is 24.3 Å². The predicted octanol–water partition coefficient (Wildman–Crippen LogP) is 2.29. The van der Waals surface area contributed by atoms with Gasteiger partial charge in [-0.2, -0.15) is 0 Å². The highest BCUT2D eigenvalue weighted by Crippen LogP contribution is 2.25. The standard InChI is InChI=1S/C15H24FNO3S/c1-11(2)14(18)15(3,4)10-17-21(19,20)9-12-6-5-7-13(16)8-12/h5-8,11,14,17-18H,9-10H2,1-4H3. The van der Waals surface area contributed by atoms with Crippen LogP contribution in [-0.4, -0.2) is 26.2 Å². The van der Waals surface area contributed by atoms with Gasteiger partial charge in [-0.1, -0.05) is 39.8 Å². The van der Waals surface area contributed by atoms with Crippen LogP contribution in [0, 0.1) is 17.2 Å². The molecule has 0 aliphatic carbocycles. The minimum atomic E-state index is -3.57. The molecule has 1 aromatic rings. The zero-order valence-electron chi connectivity index (χ0n) is 12.9. The smallest absolute Gasteiger partial charge is 0.215 e. The fraction of sp³-hybridized carbons (Fsp3) is 0.600. The Morgan fingerprint density at radius 1 is 1.33 bits per heavy atom. The summed E-state index contributed by atoms with van der Waals surface area (Å²) >= 11 is 0. The van der Waals surface area contributed by atoms with E-state index in [4.69, 9.17) is 0 Å². The SMILES string of the molecule is CC(C)C(O)C(C)(C)CNS(=O)(=O)Cc1cccc(F)c1. The minimum Gasteiger partial charge on any atom is -0.392 e. The second kappa shape index (κ2) is 6.85. The number of rotatable bonds is 7. The largest absolute Gasteiger partial charge is 0.392 e. The highest BCUT2D eigenvalue weighted by atomic mass is 32.2. The molecule has 2 N–H and O–H groups in total. The Balaban J connectivity index is 2.69. The summed E-state index contributed by atoms with van der Waals surface area (Å²) in [6.07, 6.45) is -0.616. The van der Waals surface area contributed by atoms with E-state index in [1.54, 1.807) is 6.07 Å². The zero-order valence-corrected chi connectivity index (χ0v) is 13.7.